The molecule has 9 aromatic carbocycles. The number of aromatic nitrogens is 1. The van der Waals surface area contributed by atoms with E-state index in [1.54, 1.807) is 0 Å². The minimum atomic E-state index is 0.889. The molecule has 0 N–H and O–H groups in total. The fourth-order valence-corrected chi connectivity index (χ4v) is 9.24. The highest BCUT2D eigenvalue weighted by Gasteiger charge is 2.23. The Labute approximate surface area is 324 Å². The maximum absolute atomic E-state index is 6.77. The van der Waals surface area contributed by atoms with Crippen LogP contribution in [0.2, 0.25) is 0 Å². The molecule has 2 heteroatoms. The maximum Gasteiger partial charge on any atom is 0.143 e. The summed E-state index contributed by atoms with van der Waals surface area (Å²) in [6, 6.07) is 72.8. The quantitative estimate of drug-likeness (QED) is 0.178. The Balaban J connectivity index is 1.01. The van der Waals surface area contributed by atoms with Gasteiger partial charge in [0, 0.05) is 32.8 Å². The summed E-state index contributed by atoms with van der Waals surface area (Å²) in [5, 5.41) is 4.73. The van der Waals surface area contributed by atoms with Crippen molar-refractivity contribution in [3.05, 3.63) is 200 Å². The van der Waals surface area contributed by atoms with Crippen LogP contribution in [0.3, 0.4) is 0 Å². The van der Waals surface area contributed by atoms with Crippen LogP contribution in [0, 0.1) is 0 Å². The second-order valence-corrected chi connectivity index (χ2v) is 14.8. The molecule has 0 fully saturated rings. The molecule has 260 valence electrons. The van der Waals surface area contributed by atoms with Crippen LogP contribution >= 0.6 is 0 Å². The number of fused-ring (bicyclic) bond motifs is 14. The van der Waals surface area contributed by atoms with Gasteiger partial charge in [-0.1, -0.05) is 152 Å². The first-order chi connectivity index (χ1) is 27.8. The number of rotatable bonds is 3. The summed E-state index contributed by atoms with van der Waals surface area (Å²) in [6.45, 7) is 0. The fraction of sp³-hybridized carbons (Fsp3) is 0. The highest BCUT2D eigenvalue weighted by Crippen LogP contribution is 2.49. The van der Waals surface area contributed by atoms with Crippen LogP contribution in [0.5, 0.6) is 0 Å². The molecule has 1 aliphatic carbocycles. The van der Waals surface area contributed by atoms with Crippen molar-refractivity contribution in [3.8, 4) is 72.4 Å². The third kappa shape index (κ3) is 4.57. The smallest absolute Gasteiger partial charge is 0.143 e. The molecule has 0 saturated heterocycles. The van der Waals surface area contributed by atoms with Gasteiger partial charge in [0.15, 0.2) is 0 Å². The van der Waals surface area contributed by atoms with Crippen molar-refractivity contribution in [2.45, 2.75) is 0 Å². The third-order valence-corrected chi connectivity index (χ3v) is 11.8. The first-order valence-corrected chi connectivity index (χ1v) is 19.3. The molecule has 0 atom stereocenters. The van der Waals surface area contributed by atoms with Crippen LogP contribution in [-0.4, -0.2) is 4.57 Å². The van der Waals surface area contributed by atoms with Gasteiger partial charge < -0.3 is 8.98 Å². The van der Waals surface area contributed by atoms with Crippen LogP contribution in [0.15, 0.2) is 205 Å². The Hall–Kier alpha value is -7.42. The lowest BCUT2D eigenvalue weighted by Crippen LogP contribution is -1.97. The van der Waals surface area contributed by atoms with E-state index < -0.39 is 0 Å². The summed E-state index contributed by atoms with van der Waals surface area (Å²) in [6.07, 6.45) is 0. The van der Waals surface area contributed by atoms with Crippen LogP contribution in [0.1, 0.15) is 0 Å². The molecule has 0 unspecified atom stereocenters. The minimum Gasteiger partial charge on any atom is -0.455 e. The average molecular weight is 712 g/mol. The molecule has 0 aliphatic heterocycles. The van der Waals surface area contributed by atoms with E-state index in [9.17, 15) is 0 Å². The van der Waals surface area contributed by atoms with Crippen molar-refractivity contribution in [1.82, 2.24) is 4.57 Å². The number of nitrogens with zero attached hydrogens (tertiary/aromatic N) is 1. The lowest BCUT2D eigenvalue weighted by Gasteiger charge is -2.23. The van der Waals surface area contributed by atoms with E-state index in [0.29, 0.717) is 0 Å². The molecule has 0 amide bonds. The van der Waals surface area contributed by atoms with Gasteiger partial charge in [-0.3, -0.25) is 0 Å². The molecule has 2 nitrogen and oxygen atoms in total. The normalized spacial score (nSPS) is 11.9. The highest BCUT2D eigenvalue weighted by molar-refractivity contribution is 6.13. The molecule has 2 heterocycles. The van der Waals surface area contributed by atoms with Gasteiger partial charge in [0.2, 0.25) is 0 Å². The molecule has 0 radical (unpaired) electrons. The number of hydrogen-bond acceptors (Lipinski definition) is 1. The summed E-state index contributed by atoms with van der Waals surface area (Å²) >= 11 is 0. The van der Waals surface area contributed by atoms with Crippen LogP contribution in [-0.2, 0) is 0 Å². The van der Waals surface area contributed by atoms with Gasteiger partial charge in [0.05, 0.1) is 11.0 Å². The number of benzene rings is 9. The van der Waals surface area contributed by atoms with Crippen molar-refractivity contribution in [2.24, 2.45) is 0 Å². The molecular formula is C54H33NO. The largest absolute Gasteiger partial charge is 0.455 e. The number of hydrogen-bond donors (Lipinski definition) is 0. The molecule has 0 spiro atoms. The van der Waals surface area contributed by atoms with E-state index in [1.807, 2.05) is 0 Å². The SMILES string of the molecule is c1ccc(-n2c3ccccc3c3cc(-c4ccc5oc6c(-c7ccc8c(c7)-c7ccccc7-c7ccccc7-c7ccccc7-8)cccc6c5c4)ccc32)cc1. The van der Waals surface area contributed by atoms with Crippen molar-refractivity contribution >= 4 is 43.7 Å². The monoisotopic (exact) mass is 711 g/mol. The number of para-hydroxylation sites is 3. The Morgan fingerprint density at radius 2 is 0.786 bits per heavy atom. The van der Waals surface area contributed by atoms with E-state index in [4.69, 9.17) is 4.42 Å². The van der Waals surface area contributed by atoms with E-state index in [0.717, 1.165) is 38.8 Å². The Bertz CT molecular complexity index is 3360. The summed E-state index contributed by atoms with van der Waals surface area (Å²) in [4.78, 5) is 0. The zero-order valence-electron chi connectivity index (χ0n) is 30.4. The topological polar surface area (TPSA) is 18.1 Å². The first kappa shape index (κ1) is 31.0. The summed E-state index contributed by atoms with van der Waals surface area (Å²) < 4.78 is 9.13. The predicted octanol–water partition coefficient (Wildman–Crippen LogP) is 15.0. The molecule has 11 aromatic rings. The Morgan fingerprint density at radius 1 is 0.286 bits per heavy atom. The molecule has 0 bridgehead atoms. The van der Waals surface area contributed by atoms with Gasteiger partial charge in [-0.2, -0.15) is 0 Å². The Kier molecular flexibility index (Phi) is 6.66. The molecule has 56 heavy (non-hydrogen) atoms. The van der Waals surface area contributed by atoms with Gasteiger partial charge in [0.25, 0.3) is 0 Å². The highest BCUT2D eigenvalue weighted by atomic mass is 16.3. The lowest BCUT2D eigenvalue weighted by atomic mass is 9.80. The summed E-state index contributed by atoms with van der Waals surface area (Å²) in [7, 11) is 0. The van der Waals surface area contributed by atoms with E-state index in [2.05, 4.69) is 205 Å². The minimum absolute atomic E-state index is 0.889. The fourth-order valence-electron chi connectivity index (χ4n) is 9.24. The standard InChI is InChI=1S/C54H33NO/c1-2-13-37(14-3-1)55-51-24-11-10-21-46(51)49-31-34(26-29-52(49)55)35-27-30-53-50(32-35)47-23-12-22-38(54(47)56-53)36-25-28-45-43-19-7-6-17-41(43)39-15-4-5-16-40(39)42-18-8-9-20-44(42)48(45)33-36/h1-33H. The van der Waals surface area contributed by atoms with Crippen molar-refractivity contribution in [1.29, 1.82) is 0 Å². The predicted molar refractivity (Wildman–Crippen MR) is 234 cm³/mol. The third-order valence-electron chi connectivity index (χ3n) is 11.8. The van der Waals surface area contributed by atoms with Crippen molar-refractivity contribution in [3.63, 3.8) is 0 Å². The molecule has 0 saturated carbocycles. The zero-order chi connectivity index (χ0) is 36.7. The molecule has 1 aliphatic rings. The lowest BCUT2D eigenvalue weighted by molar-refractivity contribution is 0.670. The van der Waals surface area contributed by atoms with Gasteiger partial charge in [-0.05, 0) is 110 Å². The second kappa shape index (κ2) is 12.0. The van der Waals surface area contributed by atoms with E-state index in [1.165, 1.54) is 77.4 Å². The molecule has 2 aromatic heterocycles. The second-order valence-electron chi connectivity index (χ2n) is 14.8. The number of furan rings is 1. The average Bonchev–Trinajstić information content (AvgIpc) is 3.81. The Morgan fingerprint density at radius 3 is 1.48 bits per heavy atom. The van der Waals surface area contributed by atoms with E-state index in [-0.39, 0.29) is 0 Å². The van der Waals surface area contributed by atoms with E-state index >= 15 is 0 Å². The molecular weight excluding hydrogens is 679 g/mol. The van der Waals surface area contributed by atoms with Crippen molar-refractivity contribution < 1.29 is 4.42 Å². The van der Waals surface area contributed by atoms with Gasteiger partial charge in [-0.25, -0.2) is 0 Å². The van der Waals surface area contributed by atoms with Gasteiger partial charge >= 0.3 is 0 Å². The van der Waals surface area contributed by atoms with Gasteiger partial charge in [0.1, 0.15) is 11.2 Å². The molecule has 12 rings (SSSR count). The summed E-state index contributed by atoms with van der Waals surface area (Å²) in [5.74, 6) is 0. The van der Waals surface area contributed by atoms with Crippen LogP contribution in [0.4, 0.5) is 0 Å². The summed E-state index contributed by atoms with van der Waals surface area (Å²) in [5.41, 5.74) is 19.9. The van der Waals surface area contributed by atoms with Crippen molar-refractivity contribution in [2.75, 3.05) is 0 Å². The maximum atomic E-state index is 6.77. The zero-order valence-corrected chi connectivity index (χ0v) is 30.4. The van der Waals surface area contributed by atoms with Crippen LogP contribution < -0.4 is 0 Å². The van der Waals surface area contributed by atoms with Gasteiger partial charge in [-0.15, -0.1) is 0 Å². The van der Waals surface area contributed by atoms with Crippen LogP contribution in [0.25, 0.3) is 116 Å². The first-order valence-electron chi connectivity index (χ1n) is 19.3.